The molecule has 0 saturated carbocycles. The average molecular weight is 282 g/mol. The molecule has 0 aromatic rings. The van der Waals surface area contributed by atoms with Crippen LogP contribution in [0.1, 0.15) is 27.2 Å². The van der Waals surface area contributed by atoms with Gasteiger partial charge in [0.1, 0.15) is 0 Å². The number of imide groups is 1. The summed E-state index contributed by atoms with van der Waals surface area (Å²) in [7, 11) is 0. The SMILES string of the molecule is CC(C)(C)NC(=O)NC(=O)CN1CCC2CNCC2C1. The molecule has 2 saturated heterocycles. The van der Waals surface area contributed by atoms with Gasteiger partial charge in [-0.25, -0.2) is 4.79 Å². The van der Waals surface area contributed by atoms with Crippen LogP contribution >= 0.6 is 0 Å². The van der Waals surface area contributed by atoms with E-state index in [-0.39, 0.29) is 11.4 Å². The van der Waals surface area contributed by atoms with Crippen molar-refractivity contribution in [3.63, 3.8) is 0 Å². The molecule has 3 amide bonds. The van der Waals surface area contributed by atoms with Crippen LogP contribution in [0.25, 0.3) is 0 Å². The Morgan fingerprint density at radius 1 is 1.25 bits per heavy atom. The van der Waals surface area contributed by atoms with Crippen molar-refractivity contribution >= 4 is 11.9 Å². The number of carbonyl (C=O) groups excluding carboxylic acids is 2. The van der Waals surface area contributed by atoms with Crippen LogP contribution in [0.2, 0.25) is 0 Å². The molecule has 0 aromatic carbocycles. The van der Waals surface area contributed by atoms with E-state index in [1.807, 2.05) is 20.8 Å². The van der Waals surface area contributed by atoms with Gasteiger partial charge in [-0.3, -0.25) is 15.0 Å². The van der Waals surface area contributed by atoms with Crippen LogP contribution in [-0.4, -0.2) is 55.1 Å². The minimum absolute atomic E-state index is 0.226. The molecule has 3 N–H and O–H groups in total. The lowest BCUT2D eigenvalue weighted by atomic mass is 9.89. The van der Waals surface area contributed by atoms with E-state index in [4.69, 9.17) is 0 Å². The van der Waals surface area contributed by atoms with Crippen molar-refractivity contribution in [3.8, 4) is 0 Å². The molecule has 0 aromatic heterocycles. The number of nitrogens with one attached hydrogen (secondary N) is 3. The molecule has 2 aliphatic rings. The second-order valence-corrected chi connectivity index (χ2v) is 6.95. The van der Waals surface area contributed by atoms with Gasteiger partial charge in [-0.1, -0.05) is 0 Å². The van der Waals surface area contributed by atoms with Gasteiger partial charge in [0.15, 0.2) is 0 Å². The first kappa shape index (κ1) is 15.3. The Morgan fingerprint density at radius 3 is 2.65 bits per heavy atom. The zero-order chi connectivity index (χ0) is 14.8. The Hall–Kier alpha value is -1.14. The Morgan fingerprint density at radius 2 is 1.95 bits per heavy atom. The number of likely N-dealkylation sites (tertiary alicyclic amines) is 1. The molecule has 0 radical (unpaired) electrons. The molecule has 2 rings (SSSR count). The Kier molecular flexibility index (Phi) is 4.65. The number of urea groups is 1. The zero-order valence-electron chi connectivity index (χ0n) is 12.7. The number of rotatable bonds is 2. The first-order chi connectivity index (χ1) is 9.33. The molecule has 20 heavy (non-hydrogen) atoms. The van der Waals surface area contributed by atoms with E-state index in [9.17, 15) is 9.59 Å². The van der Waals surface area contributed by atoms with Crippen molar-refractivity contribution in [2.24, 2.45) is 11.8 Å². The van der Waals surface area contributed by atoms with E-state index in [1.54, 1.807) is 0 Å². The third kappa shape index (κ3) is 4.45. The largest absolute Gasteiger partial charge is 0.333 e. The lowest BCUT2D eigenvalue weighted by Gasteiger charge is -2.33. The van der Waals surface area contributed by atoms with Crippen molar-refractivity contribution in [2.45, 2.75) is 32.7 Å². The summed E-state index contributed by atoms with van der Waals surface area (Å²) >= 11 is 0. The summed E-state index contributed by atoms with van der Waals surface area (Å²) in [5.41, 5.74) is -0.335. The van der Waals surface area contributed by atoms with Crippen LogP contribution in [0.3, 0.4) is 0 Å². The standard InChI is InChI=1S/C14H26N4O2/c1-14(2,3)17-13(20)16-12(19)9-18-5-4-10-6-15-7-11(10)8-18/h10-11,15H,4-9H2,1-3H3,(H2,16,17,19,20). The zero-order valence-corrected chi connectivity index (χ0v) is 12.7. The van der Waals surface area contributed by atoms with Gasteiger partial charge < -0.3 is 10.6 Å². The summed E-state index contributed by atoms with van der Waals surface area (Å²) in [6, 6.07) is -0.417. The summed E-state index contributed by atoms with van der Waals surface area (Å²) in [5, 5.41) is 8.53. The summed E-state index contributed by atoms with van der Waals surface area (Å²) in [6.07, 6.45) is 1.14. The van der Waals surface area contributed by atoms with Gasteiger partial charge in [-0.2, -0.15) is 0 Å². The van der Waals surface area contributed by atoms with Crippen LogP contribution in [0.5, 0.6) is 0 Å². The quantitative estimate of drug-likeness (QED) is 0.674. The molecule has 2 heterocycles. The van der Waals surface area contributed by atoms with Crippen molar-refractivity contribution in [1.29, 1.82) is 0 Å². The first-order valence-corrected chi connectivity index (χ1v) is 7.38. The lowest BCUT2D eigenvalue weighted by Crippen LogP contribution is -2.51. The molecule has 0 aliphatic carbocycles. The maximum atomic E-state index is 11.9. The van der Waals surface area contributed by atoms with Gasteiger partial charge in [0, 0.05) is 12.1 Å². The molecular weight excluding hydrogens is 256 g/mol. The minimum Gasteiger partial charge on any atom is -0.333 e. The number of fused-ring (bicyclic) bond motifs is 1. The van der Waals surface area contributed by atoms with Gasteiger partial charge >= 0.3 is 6.03 Å². The second-order valence-electron chi connectivity index (χ2n) is 6.95. The van der Waals surface area contributed by atoms with Crippen LogP contribution in [0.15, 0.2) is 0 Å². The van der Waals surface area contributed by atoms with Gasteiger partial charge in [-0.05, 0) is 58.7 Å². The van der Waals surface area contributed by atoms with E-state index in [2.05, 4.69) is 20.9 Å². The summed E-state index contributed by atoms with van der Waals surface area (Å²) in [5.74, 6) is 1.19. The normalized spacial score (nSPS) is 26.9. The molecule has 0 bridgehead atoms. The fraction of sp³-hybridized carbons (Fsp3) is 0.857. The fourth-order valence-electron chi connectivity index (χ4n) is 2.99. The van der Waals surface area contributed by atoms with Crippen molar-refractivity contribution < 1.29 is 9.59 Å². The van der Waals surface area contributed by atoms with E-state index < -0.39 is 6.03 Å². The summed E-state index contributed by atoms with van der Waals surface area (Å²) < 4.78 is 0. The van der Waals surface area contributed by atoms with Gasteiger partial charge in [0.05, 0.1) is 6.54 Å². The number of hydrogen-bond acceptors (Lipinski definition) is 4. The van der Waals surface area contributed by atoms with Crippen LogP contribution in [0.4, 0.5) is 4.79 Å². The third-order valence-electron chi connectivity index (χ3n) is 3.90. The highest BCUT2D eigenvalue weighted by Gasteiger charge is 2.33. The second kappa shape index (κ2) is 6.10. The summed E-state index contributed by atoms with van der Waals surface area (Å²) in [6.45, 7) is 10.0. The fourth-order valence-corrected chi connectivity index (χ4v) is 2.99. The Labute approximate surface area is 120 Å². The van der Waals surface area contributed by atoms with Crippen LogP contribution in [-0.2, 0) is 4.79 Å². The third-order valence-corrected chi connectivity index (χ3v) is 3.90. The van der Waals surface area contributed by atoms with E-state index in [1.165, 1.54) is 0 Å². The minimum atomic E-state index is -0.417. The molecule has 2 aliphatic heterocycles. The van der Waals surface area contributed by atoms with Gasteiger partial charge in [0.2, 0.25) is 5.91 Å². The summed E-state index contributed by atoms with van der Waals surface area (Å²) in [4.78, 5) is 25.6. The highest BCUT2D eigenvalue weighted by Crippen LogP contribution is 2.26. The van der Waals surface area contributed by atoms with Crippen molar-refractivity contribution in [1.82, 2.24) is 20.9 Å². The van der Waals surface area contributed by atoms with E-state index >= 15 is 0 Å². The van der Waals surface area contributed by atoms with Gasteiger partial charge in [0.25, 0.3) is 0 Å². The Balaban J connectivity index is 1.73. The topological polar surface area (TPSA) is 73.5 Å². The predicted octanol–water partition coefficient (Wildman–Crippen LogP) is 0.152. The Bertz CT molecular complexity index is 378. The maximum Gasteiger partial charge on any atom is 0.321 e. The predicted molar refractivity (Wildman–Crippen MR) is 77.3 cm³/mol. The number of nitrogens with zero attached hydrogens (tertiary/aromatic N) is 1. The van der Waals surface area contributed by atoms with Crippen LogP contribution in [0, 0.1) is 11.8 Å². The first-order valence-electron chi connectivity index (χ1n) is 7.38. The smallest absolute Gasteiger partial charge is 0.321 e. The molecule has 2 fully saturated rings. The maximum absolute atomic E-state index is 11.9. The van der Waals surface area contributed by atoms with Crippen molar-refractivity contribution in [2.75, 3.05) is 32.7 Å². The number of piperidine rings is 1. The molecule has 114 valence electrons. The number of amides is 3. The van der Waals surface area contributed by atoms with E-state index in [0.29, 0.717) is 12.5 Å². The highest BCUT2D eigenvalue weighted by molar-refractivity contribution is 5.95. The van der Waals surface area contributed by atoms with E-state index in [0.717, 1.165) is 38.5 Å². The highest BCUT2D eigenvalue weighted by atomic mass is 16.2. The average Bonchev–Trinajstić information content (AvgIpc) is 2.72. The molecule has 6 heteroatoms. The van der Waals surface area contributed by atoms with Crippen LogP contribution < -0.4 is 16.0 Å². The molecule has 6 nitrogen and oxygen atoms in total. The number of hydrogen-bond donors (Lipinski definition) is 3. The molecule has 2 atom stereocenters. The van der Waals surface area contributed by atoms with Crippen molar-refractivity contribution in [3.05, 3.63) is 0 Å². The lowest BCUT2D eigenvalue weighted by molar-refractivity contribution is -0.121. The monoisotopic (exact) mass is 282 g/mol. The number of carbonyl (C=O) groups is 2. The molecule has 0 spiro atoms. The molecular formula is C14H26N4O2. The molecule has 2 unspecified atom stereocenters. The van der Waals surface area contributed by atoms with Gasteiger partial charge in [-0.15, -0.1) is 0 Å².